The van der Waals surface area contributed by atoms with Gasteiger partial charge in [-0.05, 0) is 29.5 Å². The molecule has 0 aliphatic carbocycles. The fraction of sp³-hybridized carbons (Fsp3) is 0.286. The molecule has 7 heteroatoms. The van der Waals surface area contributed by atoms with Gasteiger partial charge in [0.2, 0.25) is 5.91 Å². The Balaban J connectivity index is 1.66. The molecular formula is C21H24N4O2S. The predicted octanol–water partition coefficient (Wildman–Crippen LogP) is 3.35. The van der Waals surface area contributed by atoms with Crippen molar-refractivity contribution in [2.45, 2.75) is 26.4 Å². The highest BCUT2D eigenvalue weighted by Crippen LogP contribution is 2.14. The number of carbonyl (C=O) groups excluding carboxylic acids is 2. The molecule has 3 aromatic rings. The second-order valence-corrected chi connectivity index (χ2v) is 7.94. The van der Waals surface area contributed by atoms with Gasteiger partial charge in [0.25, 0.3) is 5.91 Å². The van der Waals surface area contributed by atoms with Crippen LogP contribution in [-0.2, 0) is 11.3 Å². The average Bonchev–Trinajstić information content (AvgIpc) is 3.38. The number of para-hydroxylation sites is 1. The second kappa shape index (κ2) is 8.84. The van der Waals surface area contributed by atoms with Crippen molar-refractivity contribution in [3.63, 3.8) is 0 Å². The predicted molar refractivity (Wildman–Crippen MR) is 110 cm³/mol. The fourth-order valence-corrected chi connectivity index (χ4v) is 3.51. The lowest BCUT2D eigenvalue weighted by molar-refractivity contribution is -0.133. The molecule has 3 rings (SSSR count). The summed E-state index contributed by atoms with van der Waals surface area (Å²) in [4.78, 5) is 27.6. The minimum atomic E-state index is -0.580. The van der Waals surface area contributed by atoms with Gasteiger partial charge in [-0.25, -0.2) is 4.68 Å². The number of benzene rings is 1. The van der Waals surface area contributed by atoms with Gasteiger partial charge in [0, 0.05) is 25.4 Å². The lowest BCUT2D eigenvalue weighted by atomic mass is 10.0. The highest BCUT2D eigenvalue weighted by Gasteiger charge is 2.27. The van der Waals surface area contributed by atoms with Crippen LogP contribution >= 0.6 is 11.3 Å². The minimum absolute atomic E-state index is 0.0223. The second-order valence-electron chi connectivity index (χ2n) is 7.00. The number of rotatable bonds is 7. The van der Waals surface area contributed by atoms with E-state index in [9.17, 15) is 9.59 Å². The van der Waals surface area contributed by atoms with Crippen LogP contribution in [0.5, 0.6) is 0 Å². The molecule has 146 valence electrons. The van der Waals surface area contributed by atoms with E-state index in [2.05, 4.69) is 10.4 Å². The molecule has 0 aliphatic rings. The SMILES string of the molecule is CC(C)C(NC(=O)c1cccs1)C(=O)N(C)Cc1cnn(-c2ccccc2)c1. The molecule has 1 aromatic carbocycles. The maximum Gasteiger partial charge on any atom is 0.262 e. The number of hydrogen-bond acceptors (Lipinski definition) is 4. The van der Waals surface area contributed by atoms with E-state index in [1.54, 1.807) is 28.9 Å². The van der Waals surface area contributed by atoms with Crippen LogP contribution in [0.1, 0.15) is 29.1 Å². The van der Waals surface area contributed by atoms with E-state index in [4.69, 9.17) is 0 Å². The van der Waals surface area contributed by atoms with E-state index in [1.165, 1.54) is 11.3 Å². The van der Waals surface area contributed by atoms with Crippen LogP contribution in [0.4, 0.5) is 0 Å². The summed E-state index contributed by atoms with van der Waals surface area (Å²) >= 11 is 1.36. The van der Waals surface area contributed by atoms with Crippen molar-refractivity contribution in [2.24, 2.45) is 5.92 Å². The summed E-state index contributed by atoms with van der Waals surface area (Å²) < 4.78 is 1.78. The van der Waals surface area contributed by atoms with Crippen LogP contribution < -0.4 is 5.32 Å². The normalized spacial score (nSPS) is 12.0. The molecule has 0 radical (unpaired) electrons. The third kappa shape index (κ3) is 4.67. The zero-order chi connectivity index (χ0) is 20.1. The molecule has 0 bridgehead atoms. The molecule has 2 heterocycles. The van der Waals surface area contributed by atoms with Crippen LogP contribution in [0.2, 0.25) is 0 Å². The number of nitrogens with one attached hydrogen (secondary N) is 1. The van der Waals surface area contributed by atoms with E-state index >= 15 is 0 Å². The van der Waals surface area contributed by atoms with E-state index < -0.39 is 6.04 Å². The van der Waals surface area contributed by atoms with Crippen molar-refractivity contribution in [1.82, 2.24) is 20.0 Å². The zero-order valence-electron chi connectivity index (χ0n) is 16.2. The smallest absolute Gasteiger partial charge is 0.262 e. The van der Waals surface area contributed by atoms with Gasteiger partial charge in [0.15, 0.2) is 0 Å². The third-order valence-electron chi connectivity index (χ3n) is 4.42. The number of thiophene rings is 1. The van der Waals surface area contributed by atoms with Gasteiger partial charge < -0.3 is 10.2 Å². The highest BCUT2D eigenvalue weighted by atomic mass is 32.1. The molecule has 1 atom stereocenters. The average molecular weight is 397 g/mol. The number of likely N-dealkylation sites (N-methyl/N-ethyl adjacent to an activating group) is 1. The van der Waals surface area contributed by atoms with Gasteiger partial charge in [0.1, 0.15) is 6.04 Å². The Bertz CT molecular complexity index is 919. The maximum absolute atomic E-state index is 13.0. The topological polar surface area (TPSA) is 67.2 Å². The Morgan fingerprint density at radius 2 is 1.93 bits per heavy atom. The molecule has 0 aliphatic heterocycles. The maximum atomic E-state index is 13.0. The zero-order valence-corrected chi connectivity index (χ0v) is 17.0. The van der Waals surface area contributed by atoms with Crippen molar-refractivity contribution in [3.05, 3.63) is 70.7 Å². The first-order valence-electron chi connectivity index (χ1n) is 9.14. The highest BCUT2D eigenvalue weighted by molar-refractivity contribution is 7.12. The summed E-state index contributed by atoms with van der Waals surface area (Å²) in [6, 6.07) is 12.8. The number of aromatic nitrogens is 2. The summed E-state index contributed by atoms with van der Waals surface area (Å²) in [6.07, 6.45) is 3.67. The largest absolute Gasteiger partial charge is 0.340 e. The molecule has 28 heavy (non-hydrogen) atoms. The fourth-order valence-electron chi connectivity index (χ4n) is 2.89. The van der Waals surface area contributed by atoms with Crippen LogP contribution in [0, 0.1) is 5.92 Å². The molecule has 1 N–H and O–H groups in total. The quantitative estimate of drug-likeness (QED) is 0.666. The van der Waals surface area contributed by atoms with Gasteiger partial charge in [-0.1, -0.05) is 38.1 Å². The molecule has 6 nitrogen and oxygen atoms in total. The van der Waals surface area contributed by atoms with E-state index in [0.717, 1.165) is 11.3 Å². The van der Waals surface area contributed by atoms with Gasteiger partial charge >= 0.3 is 0 Å². The van der Waals surface area contributed by atoms with Gasteiger partial charge in [0.05, 0.1) is 16.8 Å². The van der Waals surface area contributed by atoms with Crippen LogP contribution in [0.15, 0.2) is 60.2 Å². The minimum Gasteiger partial charge on any atom is -0.340 e. The van der Waals surface area contributed by atoms with Crippen molar-refractivity contribution in [2.75, 3.05) is 7.05 Å². The molecule has 0 fully saturated rings. The first kappa shape index (κ1) is 19.8. The molecule has 2 aromatic heterocycles. The lowest BCUT2D eigenvalue weighted by Gasteiger charge is -2.26. The molecule has 1 unspecified atom stereocenters. The van der Waals surface area contributed by atoms with Crippen molar-refractivity contribution in [1.29, 1.82) is 0 Å². The van der Waals surface area contributed by atoms with E-state index in [-0.39, 0.29) is 17.7 Å². The van der Waals surface area contributed by atoms with Crippen LogP contribution in [0.3, 0.4) is 0 Å². The summed E-state index contributed by atoms with van der Waals surface area (Å²) in [5.41, 5.74) is 1.89. The Morgan fingerprint density at radius 3 is 2.57 bits per heavy atom. The third-order valence-corrected chi connectivity index (χ3v) is 5.29. The monoisotopic (exact) mass is 396 g/mol. The standard InChI is InChI=1S/C21H24N4O2S/c1-15(2)19(23-20(26)18-10-7-11-28-18)21(27)24(3)13-16-12-22-25(14-16)17-8-5-4-6-9-17/h4-12,14-15,19H,13H2,1-3H3,(H,23,26). The van der Waals surface area contributed by atoms with Crippen molar-refractivity contribution in [3.8, 4) is 5.69 Å². The Hall–Kier alpha value is -2.93. The summed E-state index contributed by atoms with van der Waals surface area (Å²) in [7, 11) is 1.74. The number of hydrogen-bond donors (Lipinski definition) is 1. The van der Waals surface area contributed by atoms with E-state index in [1.807, 2.05) is 61.8 Å². The van der Waals surface area contributed by atoms with Gasteiger partial charge in [-0.3, -0.25) is 9.59 Å². The molecule has 0 saturated heterocycles. The van der Waals surface area contributed by atoms with Gasteiger partial charge in [-0.2, -0.15) is 5.10 Å². The molecule has 0 saturated carbocycles. The summed E-state index contributed by atoms with van der Waals surface area (Å²) in [5.74, 6) is -0.356. The van der Waals surface area contributed by atoms with Gasteiger partial charge in [-0.15, -0.1) is 11.3 Å². The number of nitrogens with zero attached hydrogens (tertiary/aromatic N) is 3. The Kier molecular flexibility index (Phi) is 6.26. The van der Waals surface area contributed by atoms with Crippen LogP contribution in [0.25, 0.3) is 5.69 Å². The molecule has 0 spiro atoms. The molecule has 2 amide bonds. The number of carbonyl (C=O) groups is 2. The van der Waals surface area contributed by atoms with Crippen LogP contribution in [-0.4, -0.2) is 39.6 Å². The van der Waals surface area contributed by atoms with Crippen molar-refractivity contribution < 1.29 is 9.59 Å². The lowest BCUT2D eigenvalue weighted by Crippen LogP contribution is -2.49. The Labute approximate surface area is 168 Å². The first-order chi connectivity index (χ1) is 13.5. The summed E-state index contributed by atoms with van der Waals surface area (Å²) in [5, 5.41) is 9.09. The molecular weight excluding hydrogens is 372 g/mol. The Morgan fingerprint density at radius 1 is 1.18 bits per heavy atom. The summed E-state index contributed by atoms with van der Waals surface area (Å²) in [6.45, 7) is 4.28. The van der Waals surface area contributed by atoms with Crippen molar-refractivity contribution >= 4 is 23.2 Å². The van der Waals surface area contributed by atoms with E-state index in [0.29, 0.717) is 11.4 Å². The number of amides is 2. The first-order valence-corrected chi connectivity index (χ1v) is 10.0.